The fourth-order valence-corrected chi connectivity index (χ4v) is 4.44. The summed E-state index contributed by atoms with van der Waals surface area (Å²) in [5, 5.41) is 3.40. The summed E-state index contributed by atoms with van der Waals surface area (Å²) in [7, 11) is 0. The molecule has 33 heavy (non-hydrogen) atoms. The molecule has 1 N–H and O–H groups in total. The number of rotatable bonds is 9. The lowest BCUT2D eigenvalue weighted by Crippen LogP contribution is -2.39. The molecule has 0 spiro atoms. The lowest BCUT2D eigenvalue weighted by atomic mass is 10.1. The second kappa shape index (κ2) is 10.9. The first kappa shape index (κ1) is 22.7. The van der Waals surface area contributed by atoms with E-state index >= 15 is 0 Å². The van der Waals surface area contributed by atoms with E-state index in [2.05, 4.69) is 17.4 Å². The SMILES string of the molecule is O=C(CC1C(=O)N(CCc2ccccc2)C(=S)N1CCc1ccccc1)Nc1ccccc1. The maximum Gasteiger partial charge on any atom is 0.252 e. The van der Waals surface area contributed by atoms with E-state index in [1.807, 2.05) is 83.8 Å². The van der Waals surface area contributed by atoms with Gasteiger partial charge in [0.15, 0.2) is 5.11 Å². The average molecular weight is 458 g/mol. The van der Waals surface area contributed by atoms with E-state index in [0.29, 0.717) is 30.3 Å². The number of hydrogen-bond acceptors (Lipinski definition) is 3. The van der Waals surface area contributed by atoms with Gasteiger partial charge in [0, 0.05) is 18.8 Å². The molecule has 3 aromatic rings. The number of benzene rings is 3. The molecule has 1 heterocycles. The van der Waals surface area contributed by atoms with E-state index in [1.54, 1.807) is 4.90 Å². The van der Waals surface area contributed by atoms with Crippen LogP contribution in [0.25, 0.3) is 0 Å². The van der Waals surface area contributed by atoms with Crippen LogP contribution in [0.5, 0.6) is 0 Å². The molecular weight excluding hydrogens is 430 g/mol. The van der Waals surface area contributed by atoms with E-state index < -0.39 is 6.04 Å². The van der Waals surface area contributed by atoms with Crippen LogP contribution >= 0.6 is 12.2 Å². The van der Waals surface area contributed by atoms with Crippen molar-refractivity contribution < 1.29 is 9.59 Å². The van der Waals surface area contributed by atoms with Gasteiger partial charge in [0.25, 0.3) is 5.91 Å². The number of carbonyl (C=O) groups excluding carboxylic acids is 2. The van der Waals surface area contributed by atoms with E-state index in [-0.39, 0.29) is 18.2 Å². The average Bonchev–Trinajstić information content (AvgIpc) is 3.06. The molecule has 1 unspecified atom stereocenters. The number of amides is 2. The number of para-hydroxylation sites is 1. The van der Waals surface area contributed by atoms with Gasteiger partial charge in [0.05, 0.1) is 6.42 Å². The van der Waals surface area contributed by atoms with Crippen LogP contribution in [-0.4, -0.2) is 45.9 Å². The molecule has 0 radical (unpaired) electrons. The second-order valence-electron chi connectivity index (χ2n) is 8.07. The normalized spacial score (nSPS) is 15.7. The topological polar surface area (TPSA) is 52.7 Å². The number of hydrogen-bond donors (Lipinski definition) is 1. The fourth-order valence-electron chi connectivity index (χ4n) is 4.04. The van der Waals surface area contributed by atoms with Gasteiger partial charge < -0.3 is 10.2 Å². The minimum Gasteiger partial charge on any atom is -0.336 e. The van der Waals surface area contributed by atoms with Gasteiger partial charge in [-0.05, 0) is 48.3 Å². The van der Waals surface area contributed by atoms with Crippen molar-refractivity contribution in [2.75, 3.05) is 18.4 Å². The summed E-state index contributed by atoms with van der Waals surface area (Å²) < 4.78 is 0. The summed E-state index contributed by atoms with van der Waals surface area (Å²) >= 11 is 5.73. The molecule has 0 aliphatic carbocycles. The summed E-state index contributed by atoms with van der Waals surface area (Å²) in [4.78, 5) is 29.7. The maximum atomic E-state index is 13.4. The molecule has 1 fully saturated rings. The minimum absolute atomic E-state index is 0.0600. The van der Waals surface area contributed by atoms with Crippen molar-refractivity contribution in [1.82, 2.24) is 9.80 Å². The molecule has 1 aliphatic heterocycles. The van der Waals surface area contributed by atoms with Gasteiger partial charge in [-0.1, -0.05) is 78.9 Å². The van der Waals surface area contributed by atoms with Crippen molar-refractivity contribution in [3.8, 4) is 0 Å². The van der Waals surface area contributed by atoms with Crippen molar-refractivity contribution >= 4 is 34.8 Å². The predicted octanol–water partition coefficient (Wildman–Crippen LogP) is 4.30. The zero-order valence-electron chi connectivity index (χ0n) is 18.4. The molecule has 5 nitrogen and oxygen atoms in total. The van der Waals surface area contributed by atoms with Crippen LogP contribution in [0, 0.1) is 0 Å². The van der Waals surface area contributed by atoms with Gasteiger partial charge in [-0.3, -0.25) is 14.5 Å². The van der Waals surface area contributed by atoms with Crippen LogP contribution in [0.1, 0.15) is 17.5 Å². The fraction of sp³-hybridized carbons (Fsp3) is 0.222. The van der Waals surface area contributed by atoms with Crippen LogP contribution in [0.4, 0.5) is 5.69 Å². The quantitative estimate of drug-likeness (QED) is 0.487. The summed E-state index contributed by atoms with van der Waals surface area (Å²) in [6, 6.07) is 28.8. The van der Waals surface area contributed by atoms with Crippen molar-refractivity contribution in [3.05, 3.63) is 102 Å². The molecule has 0 saturated carbocycles. The zero-order valence-corrected chi connectivity index (χ0v) is 19.2. The first-order valence-electron chi connectivity index (χ1n) is 11.2. The van der Waals surface area contributed by atoms with Gasteiger partial charge in [-0.15, -0.1) is 0 Å². The molecule has 1 aliphatic rings. The Hall–Kier alpha value is -3.51. The number of anilines is 1. The van der Waals surface area contributed by atoms with E-state index in [4.69, 9.17) is 12.2 Å². The van der Waals surface area contributed by atoms with Crippen LogP contribution in [0.3, 0.4) is 0 Å². The number of thiocarbonyl (C=S) groups is 1. The molecule has 168 valence electrons. The minimum atomic E-state index is -0.597. The first-order chi connectivity index (χ1) is 16.1. The van der Waals surface area contributed by atoms with Crippen LogP contribution in [0.2, 0.25) is 0 Å². The summed E-state index contributed by atoms with van der Waals surface area (Å²) in [5.41, 5.74) is 3.03. The molecule has 0 bridgehead atoms. The van der Waals surface area contributed by atoms with E-state index in [1.165, 1.54) is 5.56 Å². The molecule has 1 saturated heterocycles. The molecule has 6 heteroatoms. The van der Waals surface area contributed by atoms with Gasteiger partial charge >= 0.3 is 0 Å². The third-order valence-electron chi connectivity index (χ3n) is 5.79. The Labute approximate surface area is 200 Å². The molecular formula is C27H27N3O2S. The first-order valence-corrected chi connectivity index (χ1v) is 11.6. The Morgan fingerprint density at radius 2 is 1.30 bits per heavy atom. The van der Waals surface area contributed by atoms with Crippen molar-refractivity contribution in [3.63, 3.8) is 0 Å². The van der Waals surface area contributed by atoms with Crippen LogP contribution in [0.15, 0.2) is 91.0 Å². The molecule has 0 aromatic heterocycles. The molecule has 4 rings (SSSR count). The summed E-state index contributed by atoms with van der Waals surface area (Å²) in [5.74, 6) is -0.302. The van der Waals surface area contributed by atoms with E-state index in [9.17, 15) is 9.59 Å². The van der Waals surface area contributed by atoms with Gasteiger partial charge in [-0.25, -0.2) is 0 Å². The number of nitrogens with zero attached hydrogens (tertiary/aromatic N) is 2. The Morgan fingerprint density at radius 1 is 0.788 bits per heavy atom. The Kier molecular flexibility index (Phi) is 7.47. The Morgan fingerprint density at radius 3 is 1.88 bits per heavy atom. The van der Waals surface area contributed by atoms with Crippen molar-refractivity contribution in [1.29, 1.82) is 0 Å². The van der Waals surface area contributed by atoms with Gasteiger partial charge in [-0.2, -0.15) is 0 Å². The van der Waals surface area contributed by atoms with Gasteiger partial charge in [0.1, 0.15) is 6.04 Å². The predicted molar refractivity (Wildman–Crippen MR) is 135 cm³/mol. The lowest BCUT2D eigenvalue weighted by Gasteiger charge is -2.24. The highest BCUT2D eigenvalue weighted by Gasteiger charge is 2.42. The zero-order chi connectivity index (χ0) is 23.0. The standard InChI is InChI=1S/C27H27N3O2S/c31-25(28-23-14-8-3-9-15-23)20-24-26(32)30(19-17-22-12-6-2-7-13-22)27(33)29(24)18-16-21-10-4-1-5-11-21/h1-15,24H,16-20H2,(H,28,31). The monoisotopic (exact) mass is 457 g/mol. The third kappa shape index (κ3) is 5.84. The molecule has 1 atom stereocenters. The highest BCUT2D eigenvalue weighted by molar-refractivity contribution is 7.80. The Bertz CT molecular complexity index is 1090. The van der Waals surface area contributed by atoms with Gasteiger partial charge in [0.2, 0.25) is 5.91 Å². The third-order valence-corrected chi connectivity index (χ3v) is 6.25. The largest absolute Gasteiger partial charge is 0.336 e. The summed E-state index contributed by atoms with van der Waals surface area (Å²) in [6.45, 7) is 1.08. The van der Waals surface area contributed by atoms with Crippen LogP contribution < -0.4 is 5.32 Å². The number of nitrogens with one attached hydrogen (secondary N) is 1. The van der Waals surface area contributed by atoms with Crippen molar-refractivity contribution in [2.24, 2.45) is 0 Å². The number of carbonyl (C=O) groups is 2. The van der Waals surface area contributed by atoms with Crippen LogP contribution in [-0.2, 0) is 22.4 Å². The smallest absolute Gasteiger partial charge is 0.252 e. The maximum absolute atomic E-state index is 13.4. The summed E-state index contributed by atoms with van der Waals surface area (Å²) in [6.07, 6.45) is 1.52. The lowest BCUT2D eigenvalue weighted by molar-refractivity contribution is -0.130. The van der Waals surface area contributed by atoms with E-state index in [0.717, 1.165) is 12.0 Å². The van der Waals surface area contributed by atoms with Crippen molar-refractivity contribution in [2.45, 2.75) is 25.3 Å². The highest BCUT2D eigenvalue weighted by Crippen LogP contribution is 2.23. The highest BCUT2D eigenvalue weighted by atomic mass is 32.1. The second-order valence-corrected chi connectivity index (χ2v) is 8.44. The molecule has 2 amide bonds. The Balaban J connectivity index is 1.47. The molecule has 3 aromatic carbocycles.